The van der Waals surface area contributed by atoms with Crippen LogP contribution in [-0.2, 0) is 25.8 Å². The zero-order valence-electron chi connectivity index (χ0n) is 21.6. The summed E-state index contributed by atoms with van der Waals surface area (Å²) in [5, 5.41) is 8.48. The fourth-order valence-electron chi connectivity index (χ4n) is 4.37. The van der Waals surface area contributed by atoms with E-state index in [4.69, 9.17) is 0 Å². The first-order valence-electron chi connectivity index (χ1n) is 12.2. The van der Waals surface area contributed by atoms with Gasteiger partial charge in [-0.2, -0.15) is 24.3 Å². The van der Waals surface area contributed by atoms with Gasteiger partial charge in [0.15, 0.2) is 0 Å². The molecule has 0 spiro atoms. The van der Waals surface area contributed by atoms with Crippen LogP contribution in [0.25, 0.3) is 21.5 Å². The van der Waals surface area contributed by atoms with Crippen LogP contribution in [0.4, 0.5) is 0 Å². The van der Waals surface area contributed by atoms with Crippen molar-refractivity contribution >= 4 is 41.4 Å². The Kier molecular flexibility index (Phi) is 10.4. The molecule has 0 fully saturated rings. The monoisotopic (exact) mass is 649 g/mol. The maximum atomic E-state index is 2.20. The van der Waals surface area contributed by atoms with Crippen molar-refractivity contribution in [2.75, 3.05) is 0 Å². The van der Waals surface area contributed by atoms with Crippen molar-refractivity contribution in [3.8, 4) is 0 Å². The second kappa shape index (κ2) is 13.5. The number of hydrogen-bond donors (Lipinski definition) is 0. The van der Waals surface area contributed by atoms with E-state index in [1.165, 1.54) is 54.2 Å². The molecule has 0 heterocycles. The molecule has 0 amide bonds. The molecule has 2 heteroatoms. The number of benzene rings is 4. The van der Waals surface area contributed by atoms with E-state index >= 15 is 0 Å². The molecule has 6 aromatic rings. The molecule has 0 aromatic heterocycles. The summed E-state index contributed by atoms with van der Waals surface area (Å²) in [5.41, 5.74) is 5.48. The molecule has 1 radical (unpaired) electrons. The molecule has 179 valence electrons. The molecule has 0 aliphatic carbocycles. The smallest absolute Gasteiger partial charge is 0.103 e. The number of hydrogen-bond acceptors (Lipinski definition) is 0. The van der Waals surface area contributed by atoms with Gasteiger partial charge in [-0.15, -0.1) is 56.9 Å². The van der Waals surface area contributed by atoms with Crippen LogP contribution < -0.4 is 10.4 Å². The summed E-state index contributed by atoms with van der Waals surface area (Å²) in [7, 11) is 0.271. The predicted molar refractivity (Wildman–Crippen MR) is 157 cm³/mol. The summed E-state index contributed by atoms with van der Waals surface area (Å²) in [4.78, 5) is 0. The van der Waals surface area contributed by atoms with E-state index in [-0.39, 0.29) is 35.4 Å². The normalized spacial score (nSPS) is 10.1. The number of aryl methyl sites for hydroxylation is 4. The third-order valence-electron chi connectivity index (χ3n) is 6.43. The van der Waals surface area contributed by atoms with Crippen LogP contribution >= 0.6 is 0 Å². The molecule has 0 aliphatic heterocycles. The van der Waals surface area contributed by atoms with E-state index in [1.54, 1.807) is 0 Å². The molecule has 6 rings (SSSR count). The van der Waals surface area contributed by atoms with Crippen LogP contribution in [0.1, 0.15) is 22.3 Å². The van der Waals surface area contributed by atoms with Crippen molar-refractivity contribution < 1.29 is 25.8 Å². The van der Waals surface area contributed by atoms with Gasteiger partial charge in [0.1, 0.15) is 9.52 Å². The zero-order chi connectivity index (χ0) is 24.6. The van der Waals surface area contributed by atoms with Crippen LogP contribution in [0.15, 0.2) is 121 Å². The average Bonchev–Trinajstić information content (AvgIpc) is 3.58. The second-order valence-corrected chi connectivity index (χ2v) is 10.7. The van der Waals surface area contributed by atoms with Crippen LogP contribution in [0, 0.1) is 27.7 Å². The summed E-state index contributed by atoms with van der Waals surface area (Å²) in [6, 6.07) is 43.0. The van der Waals surface area contributed by atoms with E-state index in [0.717, 1.165) is 0 Å². The van der Waals surface area contributed by atoms with Crippen molar-refractivity contribution in [3.63, 3.8) is 0 Å². The van der Waals surface area contributed by atoms with Crippen molar-refractivity contribution in [3.05, 3.63) is 144 Å². The Morgan fingerprint density at radius 1 is 0.444 bits per heavy atom. The predicted octanol–water partition coefficient (Wildman–Crippen LogP) is 7.42. The molecule has 0 unspecified atom stereocenters. The largest absolute Gasteiger partial charge is 0.168 e. The fraction of sp³-hybridized carbons (Fsp3) is 0.118. The first kappa shape index (κ1) is 27.8. The van der Waals surface area contributed by atoms with Crippen molar-refractivity contribution in [2.24, 2.45) is 0 Å². The number of fused-ring (bicyclic) bond motifs is 2. The van der Waals surface area contributed by atoms with Gasteiger partial charge in [0, 0.05) is 25.8 Å². The summed E-state index contributed by atoms with van der Waals surface area (Å²) in [6.07, 6.45) is 0. The molecular formula is C34H33HfSi-2. The van der Waals surface area contributed by atoms with Crippen molar-refractivity contribution in [1.82, 2.24) is 0 Å². The van der Waals surface area contributed by atoms with E-state index in [2.05, 4.69) is 149 Å². The Balaban J connectivity index is 0.000000149. The Morgan fingerprint density at radius 2 is 0.806 bits per heavy atom. The minimum absolute atomic E-state index is 0. The molecule has 0 saturated carbocycles. The van der Waals surface area contributed by atoms with Crippen LogP contribution in [0.3, 0.4) is 0 Å². The van der Waals surface area contributed by atoms with Gasteiger partial charge in [-0.25, -0.2) is 0 Å². The van der Waals surface area contributed by atoms with Crippen molar-refractivity contribution in [1.29, 1.82) is 0 Å². The van der Waals surface area contributed by atoms with Crippen molar-refractivity contribution in [2.45, 2.75) is 27.7 Å². The molecule has 0 atom stereocenters. The quantitative estimate of drug-likeness (QED) is 0.136. The molecular weight excluding hydrogens is 615 g/mol. The maximum absolute atomic E-state index is 2.20. The second-order valence-electron chi connectivity index (χ2n) is 9.07. The minimum atomic E-state index is 0. The third kappa shape index (κ3) is 7.12. The van der Waals surface area contributed by atoms with Gasteiger partial charge in [0.05, 0.1) is 0 Å². The van der Waals surface area contributed by atoms with Gasteiger partial charge in [-0.1, -0.05) is 108 Å². The fourth-order valence-corrected chi connectivity index (χ4v) is 5.58. The SMILES string of the molecule is Cc1ccc(C)c2[cH-]ccc12.Cc1ccc(C)c2[cH-]ccc12.[Hf].c1ccc([SiH]c2ccccc2)cc1. The van der Waals surface area contributed by atoms with E-state index in [9.17, 15) is 0 Å². The molecule has 6 aromatic carbocycles. The molecule has 36 heavy (non-hydrogen) atoms. The van der Waals surface area contributed by atoms with E-state index in [0.29, 0.717) is 0 Å². The van der Waals surface area contributed by atoms with Gasteiger partial charge < -0.3 is 0 Å². The Labute approximate surface area is 237 Å². The van der Waals surface area contributed by atoms with E-state index in [1.807, 2.05) is 0 Å². The average molecular weight is 648 g/mol. The molecule has 0 saturated heterocycles. The van der Waals surface area contributed by atoms with Gasteiger partial charge in [0.25, 0.3) is 0 Å². The van der Waals surface area contributed by atoms with Gasteiger partial charge >= 0.3 is 0 Å². The topological polar surface area (TPSA) is 0 Å². The number of rotatable bonds is 2. The molecule has 0 bridgehead atoms. The first-order valence-corrected chi connectivity index (χ1v) is 13.4. The Bertz CT molecular complexity index is 1300. The standard InChI is InChI=1S/C12H11Si.2C11H11.Hf/c1-3-7-11(8-4-1)13-12-9-5-2-6-10-12;2*1-8-6-7-9(2)11-5-3-4-10(8)11;/h1-10,13H;2*3-7H,1-2H3;/q;2*-1;. The van der Waals surface area contributed by atoms with Crippen LogP contribution in [0.2, 0.25) is 0 Å². The maximum Gasteiger partial charge on any atom is 0.103 e. The van der Waals surface area contributed by atoms with E-state index < -0.39 is 0 Å². The van der Waals surface area contributed by atoms with Gasteiger partial charge in [-0.05, 0) is 13.8 Å². The molecule has 0 aliphatic rings. The summed E-state index contributed by atoms with van der Waals surface area (Å²) >= 11 is 0. The van der Waals surface area contributed by atoms with Gasteiger partial charge in [0.2, 0.25) is 0 Å². The summed E-state index contributed by atoms with van der Waals surface area (Å²) in [6.45, 7) is 8.62. The Morgan fingerprint density at radius 3 is 1.17 bits per heavy atom. The summed E-state index contributed by atoms with van der Waals surface area (Å²) < 4.78 is 0. The molecule has 0 nitrogen and oxygen atoms in total. The third-order valence-corrected chi connectivity index (χ3v) is 7.87. The Hall–Kier alpha value is -2.81. The minimum Gasteiger partial charge on any atom is -0.168 e. The van der Waals surface area contributed by atoms with Crippen LogP contribution in [-0.4, -0.2) is 9.52 Å². The molecule has 0 N–H and O–H groups in total. The van der Waals surface area contributed by atoms with Gasteiger partial charge in [-0.3, -0.25) is 0 Å². The zero-order valence-corrected chi connectivity index (χ0v) is 26.4. The first-order chi connectivity index (χ1) is 17.0. The summed E-state index contributed by atoms with van der Waals surface area (Å²) in [5.74, 6) is 0. The van der Waals surface area contributed by atoms with Crippen LogP contribution in [0.5, 0.6) is 0 Å².